The number of pyridine rings is 1. The molecule has 0 radical (unpaired) electrons. The summed E-state index contributed by atoms with van der Waals surface area (Å²) in [6, 6.07) is 12.7. The van der Waals surface area contributed by atoms with Crippen molar-refractivity contribution in [2.45, 2.75) is 52.6 Å². The fraction of sp³-hybridized carbons (Fsp3) is 0.478. The number of anilines is 1. The van der Waals surface area contributed by atoms with Gasteiger partial charge in [-0.05, 0) is 48.3 Å². The molecule has 27 heavy (non-hydrogen) atoms. The largest absolute Gasteiger partial charge is 0.352 e. The van der Waals surface area contributed by atoms with Gasteiger partial charge >= 0.3 is 0 Å². The van der Waals surface area contributed by atoms with Crippen LogP contribution < -0.4 is 10.2 Å². The molecule has 4 rings (SSSR count). The molecule has 2 aromatic rings. The number of nitrogens with one attached hydrogen (secondary N) is 1. The van der Waals surface area contributed by atoms with Gasteiger partial charge in [0, 0.05) is 37.3 Å². The minimum Gasteiger partial charge on any atom is -0.352 e. The lowest BCUT2D eigenvalue weighted by atomic mass is 9.97. The van der Waals surface area contributed by atoms with Gasteiger partial charge in [0.05, 0.1) is 0 Å². The topological polar surface area (TPSA) is 45.2 Å². The number of aromatic nitrogens is 1. The van der Waals surface area contributed by atoms with Crippen LogP contribution in [0.3, 0.4) is 0 Å². The van der Waals surface area contributed by atoms with E-state index in [0.717, 1.165) is 50.2 Å². The summed E-state index contributed by atoms with van der Waals surface area (Å²) in [6.07, 6.45) is 6.10. The number of rotatable bonds is 6. The van der Waals surface area contributed by atoms with Crippen molar-refractivity contribution in [3.63, 3.8) is 0 Å². The highest BCUT2D eigenvalue weighted by atomic mass is 16.2. The van der Waals surface area contributed by atoms with Crippen LogP contribution in [0.15, 0.2) is 42.6 Å². The van der Waals surface area contributed by atoms with Crippen LogP contribution in [0.25, 0.3) is 0 Å². The first-order valence-electron chi connectivity index (χ1n) is 10.2. The molecule has 1 fully saturated rings. The van der Waals surface area contributed by atoms with Crippen molar-refractivity contribution < 1.29 is 4.79 Å². The Morgan fingerprint density at radius 1 is 1.19 bits per heavy atom. The normalized spacial score (nSPS) is 20.1. The van der Waals surface area contributed by atoms with Crippen molar-refractivity contribution >= 4 is 11.7 Å². The van der Waals surface area contributed by atoms with Crippen LogP contribution in [0.5, 0.6) is 0 Å². The third-order valence-electron chi connectivity index (χ3n) is 6.67. The second-order valence-corrected chi connectivity index (χ2v) is 7.97. The second-order valence-electron chi connectivity index (χ2n) is 7.97. The van der Waals surface area contributed by atoms with Crippen LogP contribution in [0.4, 0.5) is 5.82 Å². The SMILES string of the molecule is CCC1(CC)C[C@H]1C(=O)NCc1cccnc1N1CCc2ccccc2C1. The van der Waals surface area contributed by atoms with Crippen LogP contribution in [0.2, 0.25) is 0 Å². The Morgan fingerprint density at radius 2 is 1.96 bits per heavy atom. The van der Waals surface area contributed by atoms with Crippen LogP contribution in [-0.4, -0.2) is 17.4 Å². The zero-order valence-electron chi connectivity index (χ0n) is 16.4. The van der Waals surface area contributed by atoms with Gasteiger partial charge in [-0.25, -0.2) is 4.98 Å². The van der Waals surface area contributed by atoms with Gasteiger partial charge in [-0.2, -0.15) is 0 Å². The number of carbonyl (C=O) groups excluding carboxylic acids is 1. The van der Waals surface area contributed by atoms with Gasteiger partial charge in [-0.3, -0.25) is 4.79 Å². The van der Waals surface area contributed by atoms with Crippen LogP contribution in [0, 0.1) is 11.3 Å². The Balaban J connectivity index is 1.44. The highest BCUT2D eigenvalue weighted by molar-refractivity contribution is 5.82. The van der Waals surface area contributed by atoms with Gasteiger partial charge in [-0.15, -0.1) is 0 Å². The number of nitrogens with zero attached hydrogens (tertiary/aromatic N) is 2. The van der Waals surface area contributed by atoms with Crippen molar-refractivity contribution in [1.29, 1.82) is 0 Å². The van der Waals surface area contributed by atoms with Gasteiger partial charge in [-0.1, -0.05) is 44.2 Å². The van der Waals surface area contributed by atoms with E-state index in [1.54, 1.807) is 0 Å². The summed E-state index contributed by atoms with van der Waals surface area (Å²) >= 11 is 0. The number of hydrogen-bond acceptors (Lipinski definition) is 3. The summed E-state index contributed by atoms with van der Waals surface area (Å²) in [6.45, 7) is 6.80. The first kappa shape index (κ1) is 18.0. The maximum atomic E-state index is 12.6. The molecule has 1 atom stereocenters. The van der Waals surface area contributed by atoms with Crippen molar-refractivity contribution in [2.24, 2.45) is 11.3 Å². The number of benzene rings is 1. The quantitative estimate of drug-likeness (QED) is 0.841. The maximum Gasteiger partial charge on any atom is 0.223 e. The molecule has 1 aromatic heterocycles. The zero-order valence-corrected chi connectivity index (χ0v) is 16.4. The average Bonchev–Trinajstić information content (AvgIpc) is 3.47. The van der Waals surface area contributed by atoms with E-state index >= 15 is 0 Å². The first-order chi connectivity index (χ1) is 13.2. The third kappa shape index (κ3) is 3.45. The van der Waals surface area contributed by atoms with Gasteiger partial charge in [0.25, 0.3) is 0 Å². The fourth-order valence-corrected chi connectivity index (χ4v) is 4.58. The lowest BCUT2D eigenvalue weighted by molar-refractivity contribution is -0.123. The lowest BCUT2D eigenvalue weighted by Crippen LogP contribution is -2.33. The van der Waals surface area contributed by atoms with E-state index in [1.165, 1.54) is 11.1 Å². The average molecular weight is 364 g/mol. The molecular weight excluding hydrogens is 334 g/mol. The molecule has 1 saturated carbocycles. The van der Waals surface area contributed by atoms with Gasteiger partial charge in [0.1, 0.15) is 5.82 Å². The smallest absolute Gasteiger partial charge is 0.223 e. The minimum absolute atomic E-state index is 0.189. The van der Waals surface area contributed by atoms with Crippen LogP contribution in [-0.2, 0) is 24.3 Å². The van der Waals surface area contributed by atoms with E-state index in [1.807, 2.05) is 12.3 Å². The van der Waals surface area contributed by atoms with Crippen molar-refractivity contribution in [3.8, 4) is 0 Å². The van der Waals surface area contributed by atoms with Gasteiger partial charge in [0.2, 0.25) is 5.91 Å². The monoisotopic (exact) mass is 363 g/mol. The zero-order chi connectivity index (χ0) is 18.9. The standard InChI is InChI=1S/C23H29N3O/c1-3-23(4-2)14-20(23)22(27)25-15-18-10-7-12-24-21(18)26-13-11-17-8-5-6-9-19(17)16-26/h5-10,12,20H,3-4,11,13-16H2,1-2H3,(H,25,27)/t20-/m0/s1. The lowest BCUT2D eigenvalue weighted by Gasteiger charge is -2.31. The van der Waals surface area contributed by atoms with E-state index in [2.05, 4.69) is 59.4 Å². The van der Waals surface area contributed by atoms with E-state index in [0.29, 0.717) is 6.54 Å². The first-order valence-corrected chi connectivity index (χ1v) is 10.2. The molecule has 142 valence electrons. The summed E-state index contributed by atoms with van der Waals surface area (Å²) in [5.41, 5.74) is 4.16. The molecule has 0 unspecified atom stereocenters. The molecule has 0 saturated heterocycles. The molecule has 0 spiro atoms. The Morgan fingerprint density at radius 3 is 2.70 bits per heavy atom. The maximum absolute atomic E-state index is 12.6. The second kappa shape index (κ2) is 7.34. The molecule has 2 heterocycles. The Bertz CT molecular complexity index is 828. The molecule has 4 heteroatoms. The van der Waals surface area contributed by atoms with Gasteiger partial charge in [0.15, 0.2) is 0 Å². The van der Waals surface area contributed by atoms with Crippen LogP contribution >= 0.6 is 0 Å². The molecule has 4 nitrogen and oxygen atoms in total. The Hall–Kier alpha value is -2.36. The molecule has 2 aliphatic rings. The minimum atomic E-state index is 0.189. The van der Waals surface area contributed by atoms with E-state index in [-0.39, 0.29) is 17.2 Å². The molecule has 1 aliphatic heterocycles. The Kier molecular flexibility index (Phi) is 4.90. The summed E-state index contributed by atoms with van der Waals surface area (Å²) in [7, 11) is 0. The summed E-state index contributed by atoms with van der Waals surface area (Å²) in [5.74, 6) is 1.40. The predicted octanol–water partition coefficient (Wildman–Crippen LogP) is 4.09. The molecular formula is C23H29N3O. The summed E-state index contributed by atoms with van der Waals surface area (Å²) in [4.78, 5) is 19.6. The Labute approximate surface area is 162 Å². The van der Waals surface area contributed by atoms with E-state index in [9.17, 15) is 4.79 Å². The van der Waals surface area contributed by atoms with E-state index < -0.39 is 0 Å². The molecule has 1 aliphatic carbocycles. The van der Waals surface area contributed by atoms with E-state index in [4.69, 9.17) is 0 Å². The van der Waals surface area contributed by atoms with Crippen molar-refractivity contribution in [3.05, 3.63) is 59.3 Å². The molecule has 1 aromatic carbocycles. The number of hydrogen-bond donors (Lipinski definition) is 1. The van der Waals surface area contributed by atoms with Crippen LogP contribution in [0.1, 0.15) is 49.8 Å². The molecule has 0 bridgehead atoms. The van der Waals surface area contributed by atoms with Crippen molar-refractivity contribution in [1.82, 2.24) is 10.3 Å². The van der Waals surface area contributed by atoms with Gasteiger partial charge < -0.3 is 10.2 Å². The number of fused-ring (bicyclic) bond motifs is 1. The number of amides is 1. The molecule has 1 amide bonds. The highest BCUT2D eigenvalue weighted by Crippen LogP contribution is 2.57. The summed E-state index contributed by atoms with van der Waals surface area (Å²) < 4.78 is 0. The molecule has 1 N–H and O–H groups in total. The highest BCUT2D eigenvalue weighted by Gasteiger charge is 2.55. The predicted molar refractivity (Wildman–Crippen MR) is 108 cm³/mol. The fourth-order valence-electron chi connectivity index (χ4n) is 4.58. The van der Waals surface area contributed by atoms with Crippen molar-refractivity contribution in [2.75, 3.05) is 11.4 Å². The summed E-state index contributed by atoms with van der Waals surface area (Å²) in [5, 5.41) is 3.18. The number of carbonyl (C=O) groups is 1. The third-order valence-corrected chi connectivity index (χ3v) is 6.67.